The fraction of sp³-hybridized carbons (Fsp3) is 0.750. The van der Waals surface area contributed by atoms with Crippen LogP contribution in [-0.2, 0) is 9.59 Å². The molecule has 0 aromatic carbocycles. The van der Waals surface area contributed by atoms with Crippen LogP contribution < -0.4 is 0 Å². The summed E-state index contributed by atoms with van der Waals surface area (Å²) in [5, 5.41) is 0. The summed E-state index contributed by atoms with van der Waals surface area (Å²) in [6.45, 7) is 2.72. The minimum absolute atomic E-state index is 0.0552. The highest BCUT2D eigenvalue weighted by Crippen LogP contribution is 2.26. The summed E-state index contributed by atoms with van der Waals surface area (Å²) in [5.74, 6) is 0.0552. The molecule has 3 nitrogen and oxygen atoms in total. The maximum absolute atomic E-state index is 10.9. The Kier molecular flexibility index (Phi) is 2.73. The van der Waals surface area contributed by atoms with Crippen molar-refractivity contribution in [2.45, 2.75) is 24.6 Å². The lowest BCUT2D eigenvalue weighted by atomic mass is 9.97. The molecule has 1 saturated heterocycles. The molecule has 0 radical (unpaired) electrons. The molecule has 1 amide bonds. The Morgan fingerprint density at radius 2 is 2.00 bits per heavy atom. The van der Waals surface area contributed by atoms with Gasteiger partial charge >= 0.3 is 0 Å². The average Bonchev–Trinajstić information content (AvgIpc) is 2.05. The Balaban J connectivity index is 2.49. The number of carbonyl (C=O) groups excluding carboxylic acids is 2. The minimum Gasteiger partial charge on any atom is -0.343 e. The van der Waals surface area contributed by atoms with E-state index in [9.17, 15) is 9.59 Å². The van der Waals surface area contributed by atoms with Crippen molar-refractivity contribution in [1.29, 1.82) is 0 Å². The number of halogens is 1. The van der Waals surface area contributed by atoms with Crippen LogP contribution in [0.4, 0.5) is 0 Å². The highest BCUT2D eigenvalue weighted by Gasteiger charge is 2.32. The molecule has 0 aromatic heterocycles. The van der Waals surface area contributed by atoms with Gasteiger partial charge in [0.1, 0.15) is 11.2 Å². The number of carbonyl (C=O) groups is 2. The summed E-state index contributed by atoms with van der Waals surface area (Å²) in [7, 11) is 0. The quantitative estimate of drug-likeness (QED) is 0.452. The van der Waals surface area contributed by atoms with Gasteiger partial charge in [-0.15, -0.1) is 11.6 Å². The van der Waals surface area contributed by atoms with Crippen molar-refractivity contribution < 1.29 is 9.59 Å². The number of nitrogens with zero attached hydrogens (tertiary/aromatic N) is 1. The maximum atomic E-state index is 10.9. The van der Waals surface area contributed by atoms with Crippen molar-refractivity contribution in [1.82, 2.24) is 4.90 Å². The third kappa shape index (κ3) is 1.97. The maximum Gasteiger partial charge on any atom is 0.219 e. The molecule has 1 aliphatic rings. The van der Waals surface area contributed by atoms with Crippen molar-refractivity contribution in [2.24, 2.45) is 0 Å². The molecule has 0 atom stereocenters. The topological polar surface area (TPSA) is 37.4 Å². The summed E-state index contributed by atoms with van der Waals surface area (Å²) in [6, 6.07) is 0. The Morgan fingerprint density at radius 3 is 2.33 bits per heavy atom. The van der Waals surface area contributed by atoms with Crippen LogP contribution in [0.2, 0.25) is 0 Å². The van der Waals surface area contributed by atoms with Gasteiger partial charge in [0.05, 0.1) is 0 Å². The van der Waals surface area contributed by atoms with Gasteiger partial charge in [0.2, 0.25) is 5.91 Å². The molecule has 0 aliphatic carbocycles. The second-order valence-electron chi connectivity index (χ2n) is 3.16. The van der Waals surface area contributed by atoms with E-state index in [1.807, 2.05) is 0 Å². The zero-order chi connectivity index (χ0) is 9.19. The van der Waals surface area contributed by atoms with Gasteiger partial charge in [0, 0.05) is 20.0 Å². The summed E-state index contributed by atoms with van der Waals surface area (Å²) in [4.78, 5) is 22.4. The van der Waals surface area contributed by atoms with Gasteiger partial charge < -0.3 is 9.69 Å². The van der Waals surface area contributed by atoms with Crippen molar-refractivity contribution in [3.05, 3.63) is 0 Å². The minimum atomic E-state index is -0.716. The van der Waals surface area contributed by atoms with Crippen molar-refractivity contribution >= 4 is 23.8 Å². The molecule has 0 N–H and O–H groups in total. The van der Waals surface area contributed by atoms with E-state index in [-0.39, 0.29) is 5.91 Å². The standard InChI is InChI=1S/C8H12ClNO2/c1-7(12)10-4-2-8(9,6-11)3-5-10/h6H,2-5H2,1H3. The normalized spacial score (nSPS) is 22.0. The highest BCUT2D eigenvalue weighted by molar-refractivity contribution is 6.31. The number of aldehydes is 1. The second kappa shape index (κ2) is 3.44. The Bertz CT molecular complexity index is 197. The molecule has 12 heavy (non-hydrogen) atoms. The summed E-state index contributed by atoms with van der Waals surface area (Å²) in [5.41, 5.74) is 0. The first-order valence-corrected chi connectivity index (χ1v) is 4.36. The zero-order valence-electron chi connectivity index (χ0n) is 7.05. The lowest BCUT2D eigenvalue weighted by Crippen LogP contribution is -2.43. The largest absolute Gasteiger partial charge is 0.343 e. The third-order valence-corrected chi connectivity index (χ3v) is 2.72. The molecule has 0 aromatic rings. The number of alkyl halides is 1. The number of rotatable bonds is 1. The molecule has 1 fully saturated rings. The average molecular weight is 190 g/mol. The molecule has 68 valence electrons. The number of hydrogen-bond acceptors (Lipinski definition) is 2. The fourth-order valence-electron chi connectivity index (χ4n) is 1.31. The first kappa shape index (κ1) is 9.52. The predicted octanol–water partition coefficient (Wildman–Crippen LogP) is 0.805. The van der Waals surface area contributed by atoms with Crippen LogP contribution in [0.15, 0.2) is 0 Å². The van der Waals surface area contributed by atoms with E-state index in [0.717, 1.165) is 6.29 Å². The Hall–Kier alpha value is -0.570. The van der Waals surface area contributed by atoms with E-state index in [1.165, 1.54) is 6.92 Å². The lowest BCUT2D eigenvalue weighted by Gasteiger charge is -2.33. The molecular weight excluding hydrogens is 178 g/mol. The fourth-order valence-corrected chi connectivity index (χ4v) is 1.48. The first-order valence-electron chi connectivity index (χ1n) is 3.98. The number of hydrogen-bond donors (Lipinski definition) is 0. The molecule has 1 aliphatic heterocycles. The van der Waals surface area contributed by atoms with E-state index < -0.39 is 4.87 Å². The van der Waals surface area contributed by atoms with E-state index >= 15 is 0 Å². The highest BCUT2D eigenvalue weighted by atomic mass is 35.5. The molecule has 1 rings (SSSR count). The number of piperidine rings is 1. The van der Waals surface area contributed by atoms with E-state index in [2.05, 4.69) is 0 Å². The Labute approximate surface area is 76.7 Å². The van der Waals surface area contributed by atoms with Gasteiger partial charge in [-0.05, 0) is 12.8 Å². The van der Waals surface area contributed by atoms with Gasteiger partial charge in [-0.1, -0.05) is 0 Å². The molecular formula is C8H12ClNO2. The smallest absolute Gasteiger partial charge is 0.219 e. The molecule has 0 bridgehead atoms. The molecule has 0 saturated carbocycles. The third-order valence-electron chi connectivity index (χ3n) is 2.25. The summed E-state index contributed by atoms with van der Waals surface area (Å²) < 4.78 is 0. The van der Waals surface area contributed by atoms with Crippen molar-refractivity contribution in [3.8, 4) is 0 Å². The monoisotopic (exact) mass is 189 g/mol. The van der Waals surface area contributed by atoms with Gasteiger partial charge in [0.15, 0.2) is 0 Å². The lowest BCUT2D eigenvalue weighted by molar-refractivity contribution is -0.130. The van der Waals surface area contributed by atoms with Crippen molar-refractivity contribution in [3.63, 3.8) is 0 Å². The van der Waals surface area contributed by atoms with Crippen LogP contribution in [0.3, 0.4) is 0 Å². The summed E-state index contributed by atoms with van der Waals surface area (Å²) in [6.07, 6.45) is 1.92. The van der Waals surface area contributed by atoms with Crippen LogP contribution in [-0.4, -0.2) is 35.1 Å². The van der Waals surface area contributed by atoms with Gasteiger partial charge in [0.25, 0.3) is 0 Å². The number of likely N-dealkylation sites (tertiary alicyclic amines) is 1. The second-order valence-corrected chi connectivity index (χ2v) is 3.91. The van der Waals surface area contributed by atoms with E-state index in [1.54, 1.807) is 4.90 Å². The first-order chi connectivity index (χ1) is 5.57. The van der Waals surface area contributed by atoms with E-state index in [4.69, 9.17) is 11.6 Å². The van der Waals surface area contributed by atoms with Crippen LogP contribution in [0.25, 0.3) is 0 Å². The molecule has 1 heterocycles. The van der Waals surface area contributed by atoms with Crippen LogP contribution in [0.5, 0.6) is 0 Å². The molecule has 0 unspecified atom stereocenters. The van der Waals surface area contributed by atoms with Gasteiger partial charge in [-0.25, -0.2) is 0 Å². The Morgan fingerprint density at radius 1 is 1.50 bits per heavy atom. The van der Waals surface area contributed by atoms with Crippen LogP contribution in [0, 0.1) is 0 Å². The predicted molar refractivity (Wildman–Crippen MR) is 46.1 cm³/mol. The summed E-state index contributed by atoms with van der Waals surface area (Å²) >= 11 is 5.92. The number of amides is 1. The zero-order valence-corrected chi connectivity index (χ0v) is 7.80. The molecule has 4 heteroatoms. The van der Waals surface area contributed by atoms with Crippen LogP contribution in [0.1, 0.15) is 19.8 Å². The van der Waals surface area contributed by atoms with E-state index in [0.29, 0.717) is 25.9 Å². The van der Waals surface area contributed by atoms with Gasteiger partial charge in [-0.2, -0.15) is 0 Å². The molecule has 0 spiro atoms. The van der Waals surface area contributed by atoms with Crippen LogP contribution >= 0.6 is 11.6 Å². The van der Waals surface area contributed by atoms with Gasteiger partial charge in [-0.3, -0.25) is 4.79 Å². The van der Waals surface area contributed by atoms with Crippen molar-refractivity contribution in [2.75, 3.05) is 13.1 Å². The SMILES string of the molecule is CC(=O)N1CCC(Cl)(C=O)CC1.